The first-order valence-electron chi connectivity index (χ1n) is 4.17. The summed E-state index contributed by atoms with van der Waals surface area (Å²) < 4.78 is 1.65. The van der Waals surface area contributed by atoms with E-state index < -0.39 is 0 Å². The number of hydrogen-bond donors (Lipinski definition) is 0. The molecule has 2 aromatic heterocycles. The van der Waals surface area contributed by atoms with E-state index in [1.165, 1.54) is 0 Å². The van der Waals surface area contributed by atoms with Gasteiger partial charge in [-0.1, -0.05) is 11.6 Å². The van der Waals surface area contributed by atoms with E-state index in [4.69, 9.17) is 16.9 Å². The molecular formula is C9H7ClN4. The maximum absolute atomic E-state index is 8.41. The first kappa shape index (κ1) is 8.97. The van der Waals surface area contributed by atoms with Gasteiger partial charge in [-0.25, -0.2) is 9.50 Å². The Bertz CT molecular complexity index is 497. The van der Waals surface area contributed by atoms with Gasteiger partial charge in [-0.3, -0.25) is 0 Å². The Kier molecular flexibility index (Phi) is 2.33. The van der Waals surface area contributed by atoms with Crippen molar-refractivity contribution in [1.29, 1.82) is 5.26 Å². The largest absolute Gasteiger partial charge is 0.221 e. The standard InChI is InChI=1S/C9H7ClN4/c10-7-3-5-14-9(6-7)12-8(13-14)2-1-4-11/h3,5-6H,1-2H2. The molecule has 0 saturated carbocycles. The Labute approximate surface area is 85.7 Å². The van der Waals surface area contributed by atoms with Crippen LogP contribution >= 0.6 is 11.6 Å². The summed E-state index contributed by atoms with van der Waals surface area (Å²) in [5, 5.41) is 13.2. The third-order valence-electron chi connectivity index (χ3n) is 1.80. The van der Waals surface area contributed by atoms with E-state index in [9.17, 15) is 0 Å². The minimum absolute atomic E-state index is 0.435. The molecule has 14 heavy (non-hydrogen) atoms. The summed E-state index contributed by atoms with van der Waals surface area (Å²) in [4.78, 5) is 4.23. The van der Waals surface area contributed by atoms with Crippen molar-refractivity contribution in [2.45, 2.75) is 12.8 Å². The topological polar surface area (TPSA) is 54.0 Å². The van der Waals surface area contributed by atoms with Crippen LogP contribution in [0, 0.1) is 11.3 Å². The van der Waals surface area contributed by atoms with Crippen LogP contribution in [-0.2, 0) is 6.42 Å². The summed E-state index contributed by atoms with van der Waals surface area (Å²) in [5.74, 6) is 0.675. The number of halogens is 1. The summed E-state index contributed by atoms with van der Waals surface area (Å²) in [6, 6.07) is 5.54. The van der Waals surface area contributed by atoms with E-state index >= 15 is 0 Å². The molecule has 0 amide bonds. The van der Waals surface area contributed by atoms with Gasteiger partial charge in [0, 0.05) is 30.1 Å². The predicted octanol–water partition coefficient (Wildman–Crippen LogP) is 1.84. The molecule has 4 nitrogen and oxygen atoms in total. The molecule has 0 aromatic carbocycles. The zero-order valence-electron chi connectivity index (χ0n) is 7.31. The van der Waals surface area contributed by atoms with E-state index in [0.29, 0.717) is 29.3 Å². The van der Waals surface area contributed by atoms with E-state index in [1.807, 2.05) is 0 Å². The van der Waals surface area contributed by atoms with E-state index in [0.717, 1.165) is 0 Å². The fourth-order valence-electron chi connectivity index (χ4n) is 1.18. The highest BCUT2D eigenvalue weighted by Gasteiger charge is 2.02. The molecule has 0 saturated heterocycles. The van der Waals surface area contributed by atoms with Crippen molar-refractivity contribution in [2.24, 2.45) is 0 Å². The molecule has 0 aliphatic rings. The van der Waals surface area contributed by atoms with Crippen molar-refractivity contribution in [3.63, 3.8) is 0 Å². The smallest absolute Gasteiger partial charge is 0.157 e. The Balaban J connectivity index is 2.37. The number of rotatable bonds is 2. The monoisotopic (exact) mass is 206 g/mol. The average Bonchev–Trinajstić information content (AvgIpc) is 2.56. The van der Waals surface area contributed by atoms with Crippen LogP contribution in [0.15, 0.2) is 18.3 Å². The molecule has 0 fully saturated rings. The molecule has 0 spiro atoms. The highest BCUT2D eigenvalue weighted by atomic mass is 35.5. The van der Waals surface area contributed by atoms with Crippen LogP contribution in [0.5, 0.6) is 0 Å². The van der Waals surface area contributed by atoms with E-state index in [-0.39, 0.29) is 0 Å². The quantitative estimate of drug-likeness (QED) is 0.754. The van der Waals surface area contributed by atoms with Gasteiger partial charge < -0.3 is 0 Å². The Morgan fingerprint density at radius 2 is 2.43 bits per heavy atom. The van der Waals surface area contributed by atoms with Gasteiger partial charge in [0.05, 0.1) is 6.07 Å². The van der Waals surface area contributed by atoms with Crippen LogP contribution in [0.4, 0.5) is 0 Å². The fraction of sp³-hybridized carbons (Fsp3) is 0.222. The molecular weight excluding hydrogens is 200 g/mol. The number of nitriles is 1. The molecule has 2 aromatic rings. The summed E-state index contributed by atoms with van der Waals surface area (Å²) in [6.07, 6.45) is 2.76. The maximum atomic E-state index is 8.41. The van der Waals surface area contributed by atoms with Crippen LogP contribution in [0.1, 0.15) is 12.2 Å². The van der Waals surface area contributed by atoms with Crippen molar-refractivity contribution in [1.82, 2.24) is 14.6 Å². The van der Waals surface area contributed by atoms with Crippen molar-refractivity contribution in [3.05, 3.63) is 29.2 Å². The highest BCUT2D eigenvalue weighted by molar-refractivity contribution is 6.30. The zero-order chi connectivity index (χ0) is 9.97. The third kappa shape index (κ3) is 1.68. The van der Waals surface area contributed by atoms with Crippen molar-refractivity contribution >= 4 is 17.2 Å². The maximum Gasteiger partial charge on any atom is 0.157 e. The molecule has 70 valence electrons. The normalized spacial score (nSPS) is 10.3. The second kappa shape index (κ2) is 3.64. The highest BCUT2D eigenvalue weighted by Crippen LogP contribution is 2.10. The first-order valence-corrected chi connectivity index (χ1v) is 4.55. The summed E-state index contributed by atoms with van der Waals surface area (Å²) >= 11 is 5.80. The van der Waals surface area contributed by atoms with Gasteiger partial charge in [-0.05, 0) is 6.07 Å². The fourth-order valence-corrected chi connectivity index (χ4v) is 1.33. The lowest BCUT2D eigenvalue weighted by Crippen LogP contribution is -1.88. The Morgan fingerprint density at radius 1 is 1.57 bits per heavy atom. The number of fused-ring (bicyclic) bond motifs is 1. The van der Waals surface area contributed by atoms with Crippen molar-refractivity contribution in [3.8, 4) is 6.07 Å². The lowest BCUT2D eigenvalue weighted by atomic mass is 10.3. The number of pyridine rings is 1. The van der Waals surface area contributed by atoms with Crippen molar-refractivity contribution < 1.29 is 0 Å². The average molecular weight is 207 g/mol. The Hall–Kier alpha value is -1.60. The lowest BCUT2D eigenvalue weighted by Gasteiger charge is -1.89. The number of nitrogens with zero attached hydrogens (tertiary/aromatic N) is 4. The minimum atomic E-state index is 0.435. The van der Waals surface area contributed by atoms with Gasteiger partial charge in [0.1, 0.15) is 0 Å². The molecule has 2 rings (SSSR count). The molecule has 0 aliphatic carbocycles. The first-order chi connectivity index (χ1) is 6.79. The number of aryl methyl sites for hydroxylation is 1. The summed E-state index contributed by atoms with van der Waals surface area (Å²) in [6.45, 7) is 0. The van der Waals surface area contributed by atoms with Crippen LogP contribution < -0.4 is 0 Å². The zero-order valence-corrected chi connectivity index (χ0v) is 8.07. The van der Waals surface area contributed by atoms with Crippen LogP contribution in [-0.4, -0.2) is 14.6 Å². The predicted molar refractivity (Wildman–Crippen MR) is 51.9 cm³/mol. The Morgan fingerprint density at radius 3 is 3.21 bits per heavy atom. The molecule has 0 atom stereocenters. The third-order valence-corrected chi connectivity index (χ3v) is 2.04. The molecule has 0 radical (unpaired) electrons. The molecule has 5 heteroatoms. The summed E-state index contributed by atoms with van der Waals surface area (Å²) in [7, 11) is 0. The lowest BCUT2D eigenvalue weighted by molar-refractivity contribution is 0.854. The molecule has 0 aliphatic heterocycles. The molecule has 0 unspecified atom stereocenters. The van der Waals surface area contributed by atoms with Gasteiger partial charge in [0.2, 0.25) is 0 Å². The van der Waals surface area contributed by atoms with Crippen LogP contribution in [0.3, 0.4) is 0 Å². The minimum Gasteiger partial charge on any atom is -0.221 e. The molecule has 2 heterocycles. The van der Waals surface area contributed by atoms with Gasteiger partial charge in [-0.15, -0.1) is 0 Å². The SMILES string of the molecule is N#CCCc1nc2cc(Cl)ccn2n1. The number of aromatic nitrogens is 3. The van der Waals surface area contributed by atoms with Gasteiger partial charge >= 0.3 is 0 Å². The van der Waals surface area contributed by atoms with Gasteiger partial charge in [0.15, 0.2) is 11.5 Å². The van der Waals surface area contributed by atoms with Crippen LogP contribution in [0.2, 0.25) is 5.02 Å². The van der Waals surface area contributed by atoms with Crippen LogP contribution in [0.25, 0.3) is 5.65 Å². The van der Waals surface area contributed by atoms with Gasteiger partial charge in [0.25, 0.3) is 0 Å². The second-order valence-corrected chi connectivity index (χ2v) is 3.27. The van der Waals surface area contributed by atoms with E-state index in [1.54, 1.807) is 22.8 Å². The van der Waals surface area contributed by atoms with Gasteiger partial charge in [-0.2, -0.15) is 10.4 Å². The number of hydrogen-bond acceptors (Lipinski definition) is 3. The summed E-state index contributed by atoms with van der Waals surface area (Å²) in [5.41, 5.74) is 0.713. The molecule has 0 N–H and O–H groups in total. The van der Waals surface area contributed by atoms with Crippen molar-refractivity contribution in [2.75, 3.05) is 0 Å². The molecule has 0 bridgehead atoms. The van der Waals surface area contributed by atoms with E-state index in [2.05, 4.69) is 16.2 Å². The second-order valence-electron chi connectivity index (χ2n) is 2.83.